The van der Waals surface area contributed by atoms with Crippen LogP contribution in [0, 0.1) is 0 Å². The molecule has 1 aromatic rings. The van der Waals surface area contributed by atoms with Gasteiger partial charge in [0.1, 0.15) is 11.4 Å². The van der Waals surface area contributed by atoms with Crippen molar-refractivity contribution in [2.75, 3.05) is 0 Å². The first kappa shape index (κ1) is 17.2. The maximum Gasteiger partial charge on any atom is 0.407 e. The van der Waals surface area contributed by atoms with Crippen molar-refractivity contribution >= 4 is 11.9 Å². The van der Waals surface area contributed by atoms with Crippen LogP contribution in [0.3, 0.4) is 0 Å². The quantitative estimate of drug-likeness (QED) is 0.873. The first-order valence-electron chi connectivity index (χ1n) is 7.29. The monoisotopic (exact) mass is 291 g/mol. The normalized spacial score (nSPS) is 12.6. The molecule has 0 aliphatic rings. The summed E-state index contributed by atoms with van der Waals surface area (Å²) in [6.45, 7) is 7.05. The number of benzene rings is 1. The molecule has 0 unspecified atom stereocenters. The third-order valence-electron chi connectivity index (χ3n) is 2.89. The Kier molecular flexibility index (Phi) is 6.40. The van der Waals surface area contributed by atoms with Gasteiger partial charge in [0.15, 0.2) is 0 Å². The fourth-order valence-electron chi connectivity index (χ4n) is 1.98. The Bertz CT molecular complexity index is 463. The zero-order valence-electron chi connectivity index (χ0n) is 13.3. The van der Waals surface area contributed by atoms with Crippen molar-refractivity contribution in [1.82, 2.24) is 5.32 Å². The minimum Gasteiger partial charge on any atom is -0.444 e. The van der Waals surface area contributed by atoms with Crippen LogP contribution < -0.4 is 5.32 Å². The number of carbonyl (C=O) groups is 2. The Morgan fingerprint density at radius 3 is 2.33 bits per heavy atom. The van der Waals surface area contributed by atoms with Crippen LogP contribution in [0.5, 0.6) is 0 Å². The Morgan fingerprint density at radius 2 is 1.81 bits per heavy atom. The van der Waals surface area contributed by atoms with Gasteiger partial charge < -0.3 is 14.8 Å². The van der Waals surface area contributed by atoms with Gasteiger partial charge >= 0.3 is 6.09 Å². The molecule has 0 saturated heterocycles. The second-order valence-corrected chi connectivity index (χ2v) is 6.27. The van der Waals surface area contributed by atoms with Crippen molar-refractivity contribution in [3.05, 3.63) is 35.9 Å². The van der Waals surface area contributed by atoms with Crippen molar-refractivity contribution in [2.45, 2.75) is 58.6 Å². The summed E-state index contributed by atoms with van der Waals surface area (Å²) >= 11 is 0. The summed E-state index contributed by atoms with van der Waals surface area (Å²) in [4.78, 5) is 23.1. The summed E-state index contributed by atoms with van der Waals surface area (Å²) < 4.78 is 5.28. The second kappa shape index (κ2) is 7.81. The van der Waals surface area contributed by atoms with Gasteiger partial charge in [-0.3, -0.25) is 0 Å². The van der Waals surface area contributed by atoms with Gasteiger partial charge in [0, 0.05) is 12.5 Å². The highest BCUT2D eigenvalue weighted by atomic mass is 16.6. The molecular weight excluding hydrogens is 266 g/mol. The molecule has 1 amide bonds. The van der Waals surface area contributed by atoms with E-state index in [4.69, 9.17) is 4.74 Å². The summed E-state index contributed by atoms with van der Waals surface area (Å²) in [7, 11) is 0. The highest BCUT2D eigenvalue weighted by Gasteiger charge is 2.20. The van der Waals surface area contributed by atoms with Crippen molar-refractivity contribution in [3.63, 3.8) is 0 Å². The number of Topliss-reactive ketones (excluding diaryl/α,β-unsaturated/α-hetero) is 1. The van der Waals surface area contributed by atoms with E-state index in [1.807, 2.05) is 51.1 Å². The van der Waals surface area contributed by atoms with E-state index >= 15 is 0 Å². The molecule has 116 valence electrons. The van der Waals surface area contributed by atoms with Gasteiger partial charge in [-0.15, -0.1) is 0 Å². The summed E-state index contributed by atoms with van der Waals surface area (Å²) in [5, 5.41) is 2.86. The third-order valence-corrected chi connectivity index (χ3v) is 2.89. The molecule has 0 aliphatic heterocycles. The number of ketones is 1. The molecule has 0 spiro atoms. The molecule has 4 heteroatoms. The molecule has 0 bridgehead atoms. The number of rotatable bonds is 6. The molecule has 0 fully saturated rings. The highest BCUT2D eigenvalue weighted by molar-refractivity contribution is 5.75. The molecule has 0 radical (unpaired) electrons. The average molecular weight is 291 g/mol. The van der Waals surface area contributed by atoms with E-state index in [0.29, 0.717) is 19.3 Å². The molecule has 0 aliphatic carbocycles. The third kappa shape index (κ3) is 8.12. The van der Waals surface area contributed by atoms with Gasteiger partial charge in [-0.1, -0.05) is 30.3 Å². The Morgan fingerprint density at radius 1 is 1.19 bits per heavy atom. The maximum atomic E-state index is 11.9. The molecule has 0 heterocycles. The minimum absolute atomic E-state index is 0.105. The van der Waals surface area contributed by atoms with Gasteiger partial charge in [0.2, 0.25) is 0 Å². The van der Waals surface area contributed by atoms with E-state index in [1.165, 1.54) is 0 Å². The fraction of sp³-hybridized carbons (Fsp3) is 0.529. The smallest absolute Gasteiger partial charge is 0.407 e. The van der Waals surface area contributed by atoms with Crippen molar-refractivity contribution < 1.29 is 14.3 Å². The highest BCUT2D eigenvalue weighted by Crippen LogP contribution is 2.11. The molecule has 1 N–H and O–H groups in total. The number of amides is 1. The van der Waals surface area contributed by atoms with Crippen LogP contribution in [0.2, 0.25) is 0 Å². The van der Waals surface area contributed by atoms with Gasteiger partial charge in [-0.25, -0.2) is 4.79 Å². The molecular formula is C17H25NO3. The fourth-order valence-corrected chi connectivity index (χ4v) is 1.98. The summed E-state index contributed by atoms with van der Waals surface area (Å²) in [6.07, 6.45) is 1.32. The Balaban J connectivity index is 2.63. The maximum absolute atomic E-state index is 11.9. The predicted molar refractivity (Wildman–Crippen MR) is 83.2 cm³/mol. The van der Waals surface area contributed by atoms with Gasteiger partial charge in [-0.05, 0) is 46.1 Å². The molecule has 21 heavy (non-hydrogen) atoms. The summed E-state index contributed by atoms with van der Waals surface area (Å²) in [6, 6.07) is 9.80. The van der Waals surface area contributed by atoms with E-state index in [2.05, 4.69) is 5.32 Å². The van der Waals surface area contributed by atoms with Crippen LogP contribution in [0.1, 0.15) is 46.1 Å². The molecule has 1 aromatic carbocycles. The standard InChI is InChI=1S/C17H25NO3/c1-13(19)10-11-15(12-14-8-6-5-7-9-14)18-16(20)21-17(2,3)4/h5-9,15H,10-12H2,1-4H3,(H,18,20)/t15-/m0/s1. The average Bonchev–Trinajstić information content (AvgIpc) is 2.34. The van der Waals surface area contributed by atoms with Crippen LogP contribution >= 0.6 is 0 Å². The number of alkyl carbamates (subject to hydrolysis) is 1. The van der Waals surface area contributed by atoms with Crippen LogP contribution in [-0.4, -0.2) is 23.5 Å². The lowest BCUT2D eigenvalue weighted by molar-refractivity contribution is -0.117. The van der Waals surface area contributed by atoms with E-state index in [9.17, 15) is 9.59 Å². The van der Waals surface area contributed by atoms with Crippen LogP contribution in [0.15, 0.2) is 30.3 Å². The van der Waals surface area contributed by atoms with Crippen LogP contribution in [0.25, 0.3) is 0 Å². The minimum atomic E-state index is -0.526. The van der Waals surface area contributed by atoms with E-state index < -0.39 is 11.7 Å². The lowest BCUT2D eigenvalue weighted by Gasteiger charge is -2.23. The zero-order chi connectivity index (χ0) is 15.9. The van der Waals surface area contributed by atoms with E-state index in [-0.39, 0.29) is 11.8 Å². The van der Waals surface area contributed by atoms with Gasteiger partial charge in [0.05, 0.1) is 0 Å². The zero-order valence-corrected chi connectivity index (χ0v) is 13.3. The van der Waals surface area contributed by atoms with Crippen LogP contribution in [-0.2, 0) is 16.0 Å². The Labute approximate surface area is 126 Å². The lowest BCUT2D eigenvalue weighted by Crippen LogP contribution is -2.40. The van der Waals surface area contributed by atoms with E-state index in [0.717, 1.165) is 5.56 Å². The largest absolute Gasteiger partial charge is 0.444 e. The summed E-state index contributed by atoms with van der Waals surface area (Å²) in [5.74, 6) is 0.124. The topological polar surface area (TPSA) is 55.4 Å². The van der Waals surface area contributed by atoms with Crippen molar-refractivity contribution in [3.8, 4) is 0 Å². The SMILES string of the molecule is CC(=O)CC[C@@H](Cc1ccccc1)NC(=O)OC(C)(C)C. The molecule has 0 saturated carbocycles. The molecule has 0 aromatic heterocycles. The predicted octanol–water partition coefficient (Wildman–Crippen LogP) is 3.49. The second-order valence-electron chi connectivity index (χ2n) is 6.27. The molecule has 1 atom stereocenters. The first-order valence-corrected chi connectivity index (χ1v) is 7.29. The van der Waals surface area contributed by atoms with E-state index in [1.54, 1.807) is 6.92 Å². The van der Waals surface area contributed by atoms with Crippen molar-refractivity contribution in [1.29, 1.82) is 0 Å². The number of ether oxygens (including phenoxy) is 1. The number of carbonyl (C=O) groups excluding carboxylic acids is 2. The summed E-state index contributed by atoms with van der Waals surface area (Å²) in [5.41, 5.74) is 0.601. The first-order chi connectivity index (χ1) is 9.76. The number of hydrogen-bond acceptors (Lipinski definition) is 3. The number of nitrogens with one attached hydrogen (secondary N) is 1. The van der Waals surface area contributed by atoms with Crippen molar-refractivity contribution in [2.24, 2.45) is 0 Å². The molecule has 1 rings (SSSR count). The van der Waals surface area contributed by atoms with Gasteiger partial charge in [0.25, 0.3) is 0 Å². The van der Waals surface area contributed by atoms with Crippen LogP contribution in [0.4, 0.5) is 4.79 Å². The molecule has 4 nitrogen and oxygen atoms in total. The lowest BCUT2D eigenvalue weighted by atomic mass is 10.0. The number of hydrogen-bond donors (Lipinski definition) is 1. The van der Waals surface area contributed by atoms with Gasteiger partial charge in [-0.2, -0.15) is 0 Å². The Hall–Kier alpha value is -1.84.